The Morgan fingerprint density at radius 3 is 2.43 bits per heavy atom. The van der Waals surface area contributed by atoms with Gasteiger partial charge in [0.1, 0.15) is 11.9 Å². The highest BCUT2D eigenvalue weighted by Crippen LogP contribution is 2.66. The number of carbonyl (C=O) groups is 2. The minimum Gasteiger partial charge on any atom is -0.462 e. The van der Waals surface area contributed by atoms with Crippen molar-refractivity contribution < 1.29 is 14.3 Å². The van der Waals surface area contributed by atoms with Crippen LogP contribution in [-0.4, -0.2) is 22.7 Å². The van der Waals surface area contributed by atoms with Crippen LogP contribution >= 0.6 is 15.9 Å². The molecule has 0 saturated heterocycles. The maximum atomic E-state index is 12.9. The van der Waals surface area contributed by atoms with E-state index in [9.17, 15) is 9.59 Å². The van der Waals surface area contributed by atoms with Crippen LogP contribution in [0.1, 0.15) is 97.3 Å². The average molecular weight is 479 g/mol. The number of esters is 1. The van der Waals surface area contributed by atoms with Gasteiger partial charge in [-0.1, -0.05) is 49.0 Å². The quantitative estimate of drug-likeness (QED) is 0.337. The number of halogens is 1. The van der Waals surface area contributed by atoms with Crippen molar-refractivity contribution in [3.8, 4) is 0 Å². The van der Waals surface area contributed by atoms with Crippen LogP contribution in [0.4, 0.5) is 0 Å². The van der Waals surface area contributed by atoms with E-state index in [0.29, 0.717) is 23.0 Å². The van der Waals surface area contributed by atoms with Crippen molar-refractivity contribution in [3.05, 3.63) is 0 Å². The summed E-state index contributed by atoms with van der Waals surface area (Å²) in [6, 6.07) is 0. The van der Waals surface area contributed by atoms with Gasteiger partial charge in [-0.15, -0.1) is 0 Å². The Kier molecular flexibility index (Phi) is 5.64. The molecule has 1 unspecified atom stereocenters. The van der Waals surface area contributed by atoms with Gasteiger partial charge in [0, 0.05) is 11.8 Å². The van der Waals surface area contributed by atoms with Crippen LogP contribution in [-0.2, 0) is 14.3 Å². The highest BCUT2D eigenvalue weighted by Gasteiger charge is 2.61. The van der Waals surface area contributed by atoms with E-state index in [2.05, 4.69) is 29.8 Å². The minimum atomic E-state index is 0.0542. The van der Waals surface area contributed by atoms with Gasteiger partial charge in [0.2, 0.25) is 0 Å². The number of carbonyl (C=O) groups excluding carboxylic acids is 2. The normalized spacial score (nSPS) is 49.1. The zero-order valence-corrected chi connectivity index (χ0v) is 20.4. The SMILES string of the molecule is C[C@]12CC(Br)C(=O)C[C@@H]1CC[C@@H]1[C@@H]2CC[C@]2(C)[C@@H](OC(=O)C3CCCCC3)CC[C@@H]12. The summed E-state index contributed by atoms with van der Waals surface area (Å²) < 4.78 is 6.27. The Balaban J connectivity index is 1.31. The molecule has 0 radical (unpaired) electrons. The first-order chi connectivity index (χ1) is 14.3. The third kappa shape index (κ3) is 3.33. The van der Waals surface area contributed by atoms with E-state index in [-0.39, 0.29) is 28.2 Å². The topological polar surface area (TPSA) is 43.4 Å². The first-order valence-electron chi connectivity index (χ1n) is 12.7. The summed E-state index contributed by atoms with van der Waals surface area (Å²) in [6.45, 7) is 4.93. The number of ether oxygens (including phenoxy) is 1. The Hall–Kier alpha value is -0.380. The predicted octanol–water partition coefficient (Wildman–Crippen LogP) is 6.46. The molecule has 5 saturated carbocycles. The monoisotopic (exact) mass is 478 g/mol. The summed E-state index contributed by atoms with van der Waals surface area (Å²) in [5.74, 6) is 3.42. The minimum absolute atomic E-state index is 0.0542. The van der Waals surface area contributed by atoms with Crippen LogP contribution in [0.5, 0.6) is 0 Å². The van der Waals surface area contributed by atoms with E-state index in [0.717, 1.165) is 43.9 Å². The van der Waals surface area contributed by atoms with Crippen molar-refractivity contribution in [3.63, 3.8) is 0 Å². The van der Waals surface area contributed by atoms with Gasteiger partial charge in [-0.05, 0) is 86.9 Å². The van der Waals surface area contributed by atoms with Gasteiger partial charge < -0.3 is 4.74 Å². The van der Waals surface area contributed by atoms with Crippen molar-refractivity contribution in [2.24, 2.45) is 40.4 Å². The smallest absolute Gasteiger partial charge is 0.309 e. The summed E-state index contributed by atoms with van der Waals surface area (Å²) in [5.41, 5.74) is 0.455. The van der Waals surface area contributed by atoms with Gasteiger partial charge in [0.05, 0.1) is 10.7 Å². The molecular formula is C26H39BrO3. The van der Waals surface area contributed by atoms with Crippen molar-refractivity contribution in [2.75, 3.05) is 0 Å². The number of ketones is 1. The highest BCUT2D eigenvalue weighted by molar-refractivity contribution is 9.10. The van der Waals surface area contributed by atoms with Crippen LogP contribution in [0.25, 0.3) is 0 Å². The largest absolute Gasteiger partial charge is 0.462 e. The summed E-state index contributed by atoms with van der Waals surface area (Å²) in [5, 5.41) is 0. The lowest BCUT2D eigenvalue weighted by Crippen LogP contribution is -2.55. The fourth-order valence-corrected chi connectivity index (χ4v) is 9.66. The molecule has 0 amide bonds. The highest BCUT2D eigenvalue weighted by atomic mass is 79.9. The van der Waals surface area contributed by atoms with E-state index >= 15 is 0 Å². The van der Waals surface area contributed by atoms with Gasteiger partial charge in [-0.3, -0.25) is 9.59 Å². The molecule has 8 atom stereocenters. The lowest BCUT2D eigenvalue weighted by molar-refractivity contribution is -0.169. The number of hydrogen-bond donors (Lipinski definition) is 0. The molecule has 5 rings (SSSR count). The molecule has 3 nitrogen and oxygen atoms in total. The van der Waals surface area contributed by atoms with Crippen LogP contribution in [0.15, 0.2) is 0 Å². The Labute approximate surface area is 190 Å². The average Bonchev–Trinajstić information content (AvgIpc) is 3.06. The number of hydrogen-bond acceptors (Lipinski definition) is 3. The van der Waals surface area contributed by atoms with E-state index in [1.165, 1.54) is 51.4 Å². The lowest BCUT2D eigenvalue weighted by atomic mass is 9.45. The molecule has 0 N–H and O–H groups in total. The van der Waals surface area contributed by atoms with Crippen LogP contribution in [0, 0.1) is 40.4 Å². The molecular weight excluding hydrogens is 440 g/mol. The summed E-state index contributed by atoms with van der Waals surface area (Å²) in [6.07, 6.45) is 14.8. The molecule has 0 aromatic carbocycles. The lowest BCUT2D eigenvalue weighted by Gasteiger charge is -2.60. The first-order valence-corrected chi connectivity index (χ1v) is 13.6. The zero-order valence-electron chi connectivity index (χ0n) is 18.8. The van der Waals surface area contributed by atoms with Crippen LogP contribution < -0.4 is 0 Å². The number of fused-ring (bicyclic) bond motifs is 5. The molecule has 0 bridgehead atoms. The molecule has 4 heteroatoms. The maximum Gasteiger partial charge on any atom is 0.309 e. The second-order valence-corrected chi connectivity index (χ2v) is 13.0. The fourth-order valence-electron chi connectivity index (χ4n) is 8.78. The standard InChI is InChI=1S/C26H39BrO3/c1-25-13-12-20-18(9-8-17-14-22(28)21(27)15-26(17,20)2)19(25)10-11-23(25)30-24(29)16-6-4-3-5-7-16/h16-21,23H,3-15H2,1-2H3/t17-,18-,19-,20-,21?,23-,25-,26-/m0/s1. The molecule has 0 aromatic heterocycles. The Morgan fingerprint density at radius 1 is 0.933 bits per heavy atom. The molecule has 0 aromatic rings. The molecule has 5 aliphatic rings. The number of Topliss-reactive ketones (excluding diaryl/α,β-unsaturated/α-hetero) is 1. The zero-order chi connectivity index (χ0) is 21.1. The van der Waals surface area contributed by atoms with Crippen molar-refractivity contribution >= 4 is 27.7 Å². The molecule has 30 heavy (non-hydrogen) atoms. The van der Waals surface area contributed by atoms with Crippen molar-refractivity contribution in [1.82, 2.24) is 0 Å². The molecule has 0 heterocycles. The third-order valence-electron chi connectivity index (χ3n) is 10.6. The first kappa shape index (κ1) is 21.5. The summed E-state index contributed by atoms with van der Waals surface area (Å²) >= 11 is 3.70. The molecule has 0 aliphatic heterocycles. The third-order valence-corrected chi connectivity index (χ3v) is 11.4. The maximum absolute atomic E-state index is 12.9. The molecule has 5 fully saturated rings. The van der Waals surface area contributed by atoms with Gasteiger partial charge in [0.25, 0.3) is 0 Å². The van der Waals surface area contributed by atoms with E-state index in [1.54, 1.807) is 0 Å². The van der Waals surface area contributed by atoms with E-state index < -0.39 is 0 Å². The summed E-state index contributed by atoms with van der Waals surface area (Å²) in [4.78, 5) is 25.3. The number of alkyl halides is 1. The van der Waals surface area contributed by atoms with E-state index in [4.69, 9.17) is 4.74 Å². The summed E-state index contributed by atoms with van der Waals surface area (Å²) in [7, 11) is 0. The molecule has 5 aliphatic carbocycles. The van der Waals surface area contributed by atoms with Gasteiger partial charge in [-0.2, -0.15) is 0 Å². The van der Waals surface area contributed by atoms with Crippen molar-refractivity contribution in [2.45, 2.75) is 108 Å². The van der Waals surface area contributed by atoms with Gasteiger partial charge in [-0.25, -0.2) is 0 Å². The van der Waals surface area contributed by atoms with Gasteiger partial charge in [0.15, 0.2) is 0 Å². The van der Waals surface area contributed by atoms with Gasteiger partial charge >= 0.3 is 5.97 Å². The second kappa shape index (κ2) is 7.89. The molecule has 168 valence electrons. The Bertz CT molecular complexity index is 700. The van der Waals surface area contributed by atoms with Crippen molar-refractivity contribution in [1.29, 1.82) is 0 Å². The molecule has 0 spiro atoms. The van der Waals surface area contributed by atoms with Crippen LogP contribution in [0.2, 0.25) is 0 Å². The predicted molar refractivity (Wildman–Crippen MR) is 121 cm³/mol. The Morgan fingerprint density at radius 2 is 1.67 bits per heavy atom. The fraction of sp³-hybridized carbons (Fsp3) is 0.923. The van der Waals surface area contributed by atoms with E-state index in [1.807, 2.05) is 0 Å². The number of rotatable bonds is 2. The van der Waals surface area contributed by atoms with Crippen LogP contribution in [0.3, 0.4) is 0 Å². The second-order valence-electron chi connectivity index (χ2n) is 11.9.